The van der Waals surface area contributed by atoms with Crippen molar-refractivity contribution in [1.29, 1.82) is 0 Å². The minimum absolute atomic E-state index is 0.859. The Morgan fingerprint density at radius 3 is 2.65 bits per heavy atom. The highest BCUT2D eigenvalue weighted by Crippen LogP contribution is 2.28. The highest BCUT2D eigenvalue weighted by molar-refractivity contribution is 7.14. The lowest BCUT2D eigenvalue weighted by Crippen LogP contribution is -1.90. The maximum Gasteiger partial charge on any atom is 0.187 e. The fourth-order valence-corrected chi connectivity index (χ4v) is 3.10. The number of nitrogens with one attached hydrogen (secondary N) is 2. The fourth-order valence-electron chi connectivity index (χ4n) is 2.36. The van der Waals surface area contributed by atoms with E-state index in [0.29, 0.717) is 0 Å². The van der Waals surface area contributed by atoms with Crippen molar-refractivity contribution in [3.63, 3.8) is 0 Å². The number of aromatic nitrogens is 3. The summed E-state index contributed by atoms with van der Waals surface area (Å²) in [7, 11) is 0. The molecule has 4 nitrogen and oxygen atoms in total. The Labute approximate surface area is 137 Å². The number of imidazole rings is 1. The second kappa shape index (κ2) is 6.06. The molecule has 0 aliphatic carbocycles. The van der Waals surface area contributed by atoms with Gasteiger partial charge in [-0.05, 0) is 12.1 Å². The van der Waals surface area contributed by atoms with Crippen LogP contribution >= 0.6 is 11.3 Å². The summed E-state index contributed by atoms with van der Waals surface area (Å²) in [6, 6.07) is 18.3. The summed E-state index contributed by atoms with van der Waals surface area (Å²) in [5.41, 5.74) is 4.15. The van der Waals surface area contributed by atoms with E-state index in [9.17, 15) is 0 Å². The monoisotopic (exact) mass is 318 g/mol. The molecule has 0 atom stereocenters. The lowest BCUT2D eigenvalue weighted by Gasteiger charge is -2.04. The number of benzene rings is 2. The van der Waals surface area contributed by atoms with Gasteiger partial charge >= 0.3 is 0 Å². The van der Waals surface area contributed by atoms with Crippen molar-refractivity contribution in [2.45, 2.75) is 0 Å². The highest BCUT2D eigenvalue weighted by atomic mass is 32.1. The van der Waals surface area contributed by atoms with Gasteiger partial charge in [-0.15, -0.1) is 11.3 Å². The molecule has 0 spiro atoms. The smallest absolute Gasteiger partial charge is 0.187 e. The zero-order valence-electron chi connectivity index (χ0n) is 12.2. The number of anilines is 2. The molecule has 0 saturated heterocycles. The third kappa shape index (κ3) is 3.00. The predicted octanol–water partition coefficient (Wildman–Crippen LogP) is 4.94. The van der Waals surface area contributed by atoms with Crippen LogP contribution < -0.4 is 5.32 Å². The zero-order chi connectivity index (χ0) is 15.5. The van der Waals surface area contributed by atoms with Crippen LogP contribution in [-0.2, 0) is 0 Å². The molecule has 112 valence electrons. The largest absolute Gasteiger partial charge is 0.345 e. The average molecular weight is 318 g/mol. The number of aromatic amines is 1. The van der Waals surface area contributed by atoms with E-state index in [0.717, 1.165) is 33.5 Å². The molecule has 0 aliphatic rings. The van der Waals surface area contributed by atoms with Gasteiger partial charge in [-0.3, -0.25) is 0 Å². The Bertz CT molecular complexity index is 898. The lowest BCUT2D eigenvalue weighted by atomic mass is 10.2. The number of H-pyrrole nitrogens is 1. The molecule has 23 heavy (non-hydrogen) atoms. The first kappa shape index (κ1) is 13.7. The summed E-state index contributed by atoms with van der Waals surface area (Å²) in [4.78, 5) is 12.1. The molecule has 0 aliphatic heterocycles. The van der Waals surface area contributed by atoms with Crippen molar-refractivity contribution < 1.29 is 0 Å². The van der Waals surface area contributed by atoms with Crippen LogP contribution in [0.1, 0.15) is 0 Å². The first-order chi connectivity index (χ1) is 11.4. The molecule has 0 unspecified atom stereocenters. The molecule has 2 aromatic heterocycles. The third-order valence-electron chi connectivity index (χ3n) is 3.46. The average Bonchev–Trinajstić information content (AvgIpc) is 3.28. The molecule has 4 aromatic rings. The van der Waals surface area contributed by atoms with E-state index in [1.165, 1.54) is 0 Å². The Morgan fingerprint density at radius 2 is 1.83 bits per heavy atom. The van der Waals surface area contributed by atoms with E-state index >= 15 is 0 Å². The first-order valence-electron chi connectivity index (χ1n) is 7.26. The van der Waals surface area contributed by atoms with Crippen LogP contribution in [0.5, 0.6) is 0 Å². The van der Waals surface area contributed by atoms with Gasteiger partial charge in [0, 0.05) is 34.6 Å². The molecule has 4 rings (SSSR count). The molecule has 5 heteroatoms. The number of nitrogens with zero attached hydrogens (tertiary/aromatic N) is 2. The van der Waals surface area contributed by atoms with Crippen LogP contribution in [0.4, 0.5) is 10.8 Å². The fraction of sp³-hybridized carbons (Fsp3) is 0. The molecule has 0 amide bonds. The van der Waals surface area contributed by atoms with Gasteiger partial charge in [-0.1, -0.05) is 42.5 Å². The van der Waals surface area contributed by atoms with Crippen LogP contribution in [-0.4, -0.2) is 15.0 Å². The summed E-state index contributed by atoms with van der Waals surface area (Å²) in [5, 5.41) is 6.30. The van der Waals surface area contributed by atoms with E-state index in [4.69, 9.17) is 0 Å². The second-order valence-corrected chi connectivity index (χ2v) is 5.91. The Kier molecular flexibility index (Phi) is 3.62. The van der Waals surface area contributed by atoms with Crippen molar-refractivity contribution in [2.75, 3.05) is 5.32 Å². The van der Waals surface area contributed by atoms with Gasteiger partial charge in [-0.25, -0.2) is 9.97 Å². The van der Waals surface area contributed by atoms with Gasteiger partial charge in [0.25, 0.3) is 0 Å². The SMILES string of the molecule is c1ccc(-c2csc(Nc3cccc(-c4ncc[nH]4)c3)n2)cc1. The Morgan fingerprint density at radius 1 is 0.957 bits per heavy atom. The van der Waals surface area contributed by atoms with Crippen LogP contribution in [0.3, 0.4) is 0 Å². The van der Waals surface area contributed by atoms with Crippen LogP contribution in [0.2, 0.25) is 0 Å². The Balaban J connectivity index is 1.57. The van der Waals surface area contributed by atoms with Crippen molar-refractivity contribution >= 4 is 22.2 Å². The summed E-state index contributed by atoms with van der Waals surface area (Å²) in [6.07, 6.45) is 3.57. The Hall–Kier alpha value is -2.92. The van der Waals surface area contributed by atoms with Crippen molar-refractivity contribution in [2.24, 2.45) is 0 Å². The maximum absolute atomic E-state index is 4.65. The number of rotatable bonds is 4. The van der Waals surface area contributed by atoms with Gasteiger partial charge in [-0.2, -0.15) is 0 Å². The molecular weight excluding hydrogens is 304 g/mol. The minimum Gasteiger partial charge on any atom is -0.345 e. The van der Waals surface area contributed by atoms with Gasteiger partial charge in [0.15, 0.2) is 5.13 Å². The van der Waals surface area contributed by atoms with Crippen LogP contribution in [0.15, 0.2) is 72.4 Å². The zero-order valence-corrected chi connectivity index (χ0v) is 13.0. The van der Waals surface area contributed by atoms with E-state index < -0.39 is 0 Å². The summed E-state index contributed by atoms with van der Waals surface area (Å²) in [5.74, 6) is 0.859. The summed E-state index contributed by atoms with van der Waals surface area (Å²) in [6.45, 7) is 0. The lowest BCUT2D eigenvalue weighted by molar-refractivity contribution is 1.31. The highest BCUT2D eigenvalue weighted by Gasteiger charge is 2.06. The predicted molar refractivity (Wildman–Crippen MR) is 94.9 cm³/mol. The second-order valence-electron chi connectivity index (χ2n) is 5.05. The molecule has 0 bridgehead atoms. The standard InChI is InChI=1S/C18H14N4S/c1-2-5-13(6-3-1)16-12-23-18(22-16)21-15-8-4-7-14(11-15)17-19-9-10-20-17/h1-12H,(H,19,20)(H,21,22). The van der Waals surface area contributed by atoms with Gasteiger partial charge in [0.2, 0.25) is 0 Å². The third-order valence-corrected chi connectivity index (χ3v) is 4.22. The van der Waals surface area contributed by atoms with Crippen molar-refractivity contribution in [3.05, 3.63) is 72.4 Å². The molecule has 0 saturated carbocycles. The number of hydrogen-bond acceptors (Lipinski definition) is 4. The number of hydrogen-bond donors (Lipinski definition) is 2. The van der Waals surface area contributed by atoms with Crippen molar-refractivity contribution in [1.82, 2.24) is 15.0 Å². The normalized spacial score (nSPS) is 10.6. The van der Waals surface area contributed by atoms with E-state index in [-0.39, 0.29) is 0 Å². The van der Waals surface area contributed by atoms with Crippen LogP contribution in [0.25, 0.3) is 22.6 Å². The number of thiazole rings is 1. The molecule has 2 aromatic carbocycles. The van der Waals surface area contributed by atoms with Crippen LogP contribution in [0, 0.1) is 0 Å². The van der Waals surface area contributed by atoms with E-state index in [1.54, 1.807) is 17.5 Å². The summed E-state index contributed by atoms with van der Waals surface area (Å²) < 4.78 is 0. The van der Waals surface area contributed by atoms with Crippen molar-refractivity contribution in [3.8, 4) is 22.6 Å². The van der Waals surface area contributed by atoms with E-state index in [1.807, 2.05) is 42.6 Å². The summed E-state index contributed by atoms with van der Waals surface area (Å²) >= 11 is 1.60. The topological polar surface area (TPSA) is 53.6 Å². The minimum atomic E-state index is 0.859. The molecule has 2 N–H and O–H groups in total. The van der Waals surface area contributed by atoms with Gasteiger partial charge in [0.05, 0.1) is 5.69 Å². The molecule has 0 radical (unpaired) electrons. The van der Waals surface area contributed by atoms with Gasteiger partial charge < -0.3 is 10.3 Å². The quantitative estimate of drug-likeness (QED) is 0.560. The molecular formula is C18H14N4S. The molecule has 0 fully saturated rings. The van der Waals surface area contributed by atoms with Gasteiger partial charge in [0.1, 0.15) is 5.82 Å². The van der Waals surface area contributed by atoms with E-state index in [2.05, 4.69) is 43.8 Å². The maximum atomic E-state index is 4.65. The molecule has 2 heterocycles. The first-order valence-corrected chi connectivity index (χ1v) is 8.14.